The lowest BCUT2D eigenvalue weighted by atomic mass is 10.2. The van der Waals surface area contributed by atoms with Crippen LogP contribution in [0.1, 0.15) is 10.4 Å². The molecule has 0 aliphatic heterocycles. The van der Waals surface area contributed by atoms with Gasteiger partial charge in [-0.2, -0.15) is 0 Å². The minimum Gasteiger partial charge on any atom is -0.397 e. The Hall–Kier alpha value is -1.53. The van der Waals surface area contributed by atoms with E-state index in [1.165, 1.54) is 11.3 Å². The summed E-state index contributed by atoms with van der Waals surface area (Å²) in [5, 5.41) is 0. The highest BCUT2D eigenvalue weighted by Crippen LogP contribution is 2.28. The largest absolute Gasteiger partial charge is 0.397 e. The van der Waals surface area contributed by atoms with Crippen LogP contribution < -0.4 is 10.5 Å². The summed E-state index contributed by atoms with van der Waals surface area (Å²) in [7, 11) is -3.55. The molecule has 0 amide bonds. The van der Waals surface area contributed by atoms with Gasteiger partial charge in [0.15, 0.2) is 0 Å². The number of sulfonamides is 1. The summed E-state index contributed by atoms with van der Waals surface area (Å²) in [6, 6.07) is 8.65. The Kier molecular flexibility index (Phi) is 3.32. The molecule has 0 atom stereocenters. The van der Waals surface area contributed by atoms with Gasteiger partial charge in [0.05, 0.1) is 11.4 Å². The summed E-state index contributed by atoms with van der Waals surface area (Å²) in [6.07, 6.45) is 0. The molecule has 0 saturated carbocycles. The molecular weight excluding hydrogens is 268 g/mol. The van der Waals surface area contributed by atoms with Crippen LogP contribution in [0.4, 0.5) is 11.4 Å². The van der Waals surface area contributed by atoms with Crippen molar-refractivity contribution in [2.45, 2.75) is 18.1 Å². The van der Waals surface area contributed by atoms with Crippen LogP contribution in [0.5, 0.6) is 0 Å². The van der Waals surface area contributed by atoms with E-state index in [0.29, 0.717) is 15.6 Å². The third-order valence-corrected chi connectivity index (χ3v) is 5.36. The van der Waals surface area contributed by atoms with Gasteiger partial charge in [-0.3, -0.25) is 4.72 Å². The van der Waals surface area contributed by atoms with Gasteiger partial charge in [0, 0.05) is 4.88 Å². The van der Waals surface area contributed by atoms with E-state index in [2.05, 4.69) is 4.72 Å². The Balaban J connectivity index is 2.40. The van der Waals surface area contributed by atoms with Crippen molar-refractivity contribution in [3.05, 3.63) is 40.8 Å². The minimum absolute atomic E-state index is 0.294. The van der Waals surface area contributed by atoms with Crippen LogP contribution in [-0.4, -0.2) is 8.42 Å². The fourth-order valence-corrected chi connectivity index (χ4v) is 4.01. The smallest absolute Gasteiger partial charge is 0.271 e. The number of para-hydroxylation sites is 1. The van der Waals surface area contributed by atoms with Crippen LogP contribution in [0.15, 0.2) is 34.5 Å². The summed E-state index contributed by atoms with van der Waals surface area (Å²) < 4.78 is 27.2. The predicted octanol–water partition coefficient (Wildman–Crippen LogP) is 2.75. The standard InChI is InChI=1S/C12H14N2O2S2/c1-8-4-3-5-10(13)12(8)14-18(15,16)11-7-6-9(2)17-11/h3-7,14H,13H2,1-2H3. The highest BCUT2D eigenvalue weighted by atomic mass is 32.2. The van der Waals surface area contributed by atoms with Crippen molar-refractivity contribution >= 4 is 32.7 Å². The average Bonchev–Trinajstić information content (AvgIpc) is 2.71. The molecule has 18 heavy (non-hydrogen) atoms. The molecule has 0 aliphatic rings. The number of benzene rings is 1. The SMILES string of the molecule is Cc1ccc(S(=O)(=O)Nc2c(C)cccc2N)s1. The Morgan fingerprint density at radius 3 is 2.44 bits per heavy atom. The lowest BCUT2D eigenvalue weighted by molar-refractivity contribution is 0.603. The fraction of sp³-hybridized carbons (Fsp3) is 0.167. The molecule has 3 N–H and O–H groups in total. The van der Waals surface area contributed by atoms with Gasteiger partial charge < -0.3 is 5.73 Å². The van der Waals surface area contributed by atoms with E-state index in [-0.39, 0.29) is 0 Å². The van der Waals surface area contributed by atoms with Crippen molar-refractivity contribution in [2.24, 2.45) is 0 Å². The fourth-order valence-electron chi connectivity index (χ4n) is 1.57. The second kappa shape index (κ2) is 4.62. The molecule has 0 fully saturated rings. The monoisotopic (exact) mass is 282 g/mol. The Morgan fingerprint density at radius 2 is 1.89 bits per heavy atom. The van der Waals surface area contributed by atoms with Gasteiger partial charge >= 0.3 is 0 Å². The molecule has 1 aromatic carbocycles. The second-order valence-corrected chi connectivity index (χ2v) is 7.21. The molecule has 0 saturated heterocycles. The van der Waals surface area contributed by atoms with Crippen molar-refractivity contribution in [2.75, 3.05) is 10.5 Å². The molecule has 0 radical (unpaired) electrons. The number of nitrogens with one attached hydrogen (secondary N) is 1. The molecule has 96 valence electrons. The van der Waals surface area contributed by atoms with Gasteiger partial charge in [0.25, 0.3) is 10.0 Å². The first-order chi connectivity index (χ1) is 8.40. The molecule has 0 unspecified atom stereocenters. The van der Waals surface area contributed by atoms with Crippen molar-refractivity contribution < 1.29 is 8.42 Å². The second-order valence-electron chi connectivity index (χ2n) is 4.01. The highest BCUT2D eigenvalue weighted by Gasteiger charge is 2.18. The molecule has 2 rings (SSSR count). The molecule has 0 spiro atoms. The molecule has 0 aliphatic carbocycles. The third kappa shape index (κ3) is 2.49. The Bertz CT molecular complexity index is 655. The number of rotatable bonds is 3. The van der Waals surface area contributed by atoms with E-state index in [4.69, 9.17) is 5.73 Å². The van der Waals surface area contributed by atoms with Crippen molar-refractivity contribution in [3.63, 3.8) is 0 Å². The quantitative estimate of drug-likeness (QED) is 0.850. The van der Waals surface area contributed by atoms with E-state index in [1.807, 2.05) is 19.9 Å². The third-order valence-electron chi connectivity index (χ3n) is 2.52. The van der Waals surface area contributed by atoms with E-state index in [0.717, 1.165) is 10.4 Å². The number of nitrogens with two attached hydrogens (primary N) is 1. The van der Waals surface area contributed by atoms with Gasteiger partial charge in [-0.05, 0) is 37.6 Å². The Labute approximate surface area is 111 Å². The van der Waals surface area contributed by atoms with E-state index >= 15 is 0 Å². The first kappa shape index (κ1) is 12.9. The molecule has 6 heteroatoms. The number of hydrogen-bond donors (Lipinski definition) is 2. The number of nitrogen functional groups attached to an aromatic ring is 1. The minimum atomic E-state index is -3.55. The maximum Gasteiger partial charge on any atom is 0.271 e. The first-order valence-electron chi connectivity index (χ1n) is 5.34. The van der Waals surface area contributed by atoms with Crippen LogP contribution in [0.2, 0.25) is 0 Å². The van der Waals surface area contributed by atoms with Crippen LogP contribution in [0.3, 0.4) is 0 Å². The summed E-state index contributed by atoms with van der Waals surface area (Å²) in [4.78, 5) is 0.952. The van der Waals surface area contributed by atoms with Crippen LogP contribution in [0, 0.1) is 13.8 Å². The zero-order chi connectivity index (χ0) is 13.3. The lowest BCUT2D eigenvalue weighted by Crippen LogP contribution is -2.13. The molecular formula is C12H14N2O2S2. The molecule has 1 heterocycles. The first-order valence-corrected chi connectivity index (χ1v) is 7.64. The van der Waals surface area contributed by atoms with E-state index < -0.39 is 10.0 Å². The van der Waals surface area contributed by atoms with Gasteiger partial charge in [0.1, 0.15) is 4.21 Å². The lowest BCUT2D eigenvalue weighted by Gasteiger charge is -2.11. The highest BCUT2D eigenvalue weighted by molar-refractivity contribution is 7.94. The molecule has 4 nitrogen and oxygen atoms in total. The van der Waals surface area contributed by atoms with Gasteiger partial charge in [-0.25, -0.2) is 8.42 Å². The van der Waals surface area contributed by atoms with Gasteiger partial charge in [-0.15, -0.1) is 11.3 Å². The van der Waals surface area contributed by atoms with Crippen molar-refractivity contribution in [1.82, 2.24) is 0 Å². The normalized spacial score (nSPS) is 11.4. The Morgan fingerprint density at radius 1 is 1.17 bits per heavy atom. The molecule has 0 bridgehead atoms. The maximum absolute atomic E-state index is 12.2. The van der Waals surface area contributed by atoms with Gasteiger partial charge in [0.2, 0.25) is 0 Å². The summed E-state index contributed by atoms with van der Waals surface area (Å²) in [6.45, 7) is 3.68. The van der Waals surface area contributed by atoms with Gasteiger partial charge in [-0.1, -0.05) is 12.1 Å². The summed E-state index contributed by atoms with van der Waals surface area (Å²) in [5.41, 5.74) is 7.46. The average molecular weight is 282 g/mol. The summed E-state index contributed by atoms with van der Waals surface area (Å²) in [5.74, 6) is 0. The zero-order valence-electron chi connectivity index (χ0n) is 10.1. The number of hydrogen-bond acceptors (Lipinski definition) is 4. The van der Waals surface area contributed by atoms with Crippen molar-refractivity contribution in [3.8, 4) is 0 Å². The van der Waals surface area contributed by atoms with Crippen LogP contribution in [0.25, 0.3) is 0 Å². The number of aryl methyl sites for hydroxylation is 2. The van der Waals surface area contributed by atoms with Crippen LogP contribution >= 0.6 is 11.3 Å². The van der Waals surface area contributed by atoms with Crippen molar-refractivity contribution in [1.29, 1.82) is 0 Å². The number of anilines is 2. The summed E-state index contributed by atoms with van der Waals surface area (Å²) >= 11 is 1.23. The number of thiophene rings is 1. The van der Waals surface area contributed by atoms with E-state index in [9.17, 15) is 8.42 Å². The van der Waals surface area contributed by atoms with Crippen LogP contribution in [-0.2, 0) is 10.0 Å². The zero-order valence-corrected chi connectivity index (χ0v) is 11.7. The topological polar surface area (TPSA) is 72.2 Å². The predicted molar refractivity (Wildman–Crippen MR) is 75.5 cm³/mol. The molecule has 1 aromatic heterocycles. The van der Waals surface area contributed by atoms with E-state index in [1.54, 1.807) is 24.3 Å². The maximum atomic E-state index is 12.2. The molecule has 2 aromatic rings.